The average Bonchev–Trinajstić information content (AvgIpc) is 2.47. The molecule has 1 heterocycles. The number of aliphatic hydroxyl groups excluding tert-OH is 1. The zero-order chi connectivity index (χ0) is 15.8. The van der Waals surface area contributed by atoms with E-state index in [1.807, 2.05) is 0 Å². The Bertz CT molecular complexity index is 282. The van der Waals surface area contributed by atoms with Crippen LogP contribution < -0.4 is 0 Å². The molecule has 2 unspecified atom stereocenters. The predicted molar refractivity (Wildman–Crippen MR) is 89.8 cm³/mol. The second-order valence-corrected chi connectivity index (χ2v) is 7.54. The lowest BCUT2D eigenvalue weighted by Gasteiger charge is -2.38. The van der Waals surface area contributed by atoms with Gasteiger partial charge >= 0.3 is 0 Å². The first-order valence-corrected chi connectivity index (χ1v) is 9.66. The summed E-state index contributed by atoms with van der Waals surface area (Å²) in [7, 11) is 0. The Balaban J connectivity index is 1.83. The number of aliphatic hydroxyl groups is 1. The van der Waals surface area contributed by atoms with Gasteiger partial charge in [-0.15, -0.1) is 0 Å². The van der Waals surface area contributed by atoms with Crippen molar-refractivity contribution in [1.29, 1.82) is 0 Å². The molecule has 1 aliphatic carbocycles. The van der Waals surface area contributed by atoms with Gasteiger partial charge in [0.05, 0.1) is 12.2 Å². The van der Waals surface area contributed by atoms with Crippen LogP contribution in [0.25, 0.3) is 0 Å². The number of hydrogen-bond acceptors (Lipinski definition) is 3. The van der Waals surface area contributed by atoms with E-state index in [-0.39, 0.29) is 18.1 Å². The van der Waals surface area contributed by atoms with Gasteiger partial charge < -0.3 is 14.6 Å². The third-order valence-corrected chi connectivity index (χ3v) is 5.31. The summed E-state index contributed by atoms with van der Waals surface area (Å²) in [5, 5.41) is 10.3. The molecular formula is C19H36O3. The highest BCUT2D eigenvalue weighted by molar-refractivity contribution is 4.78. The van der Waals surface area contributed by atoms with E-state index in [0.29, 0.717) is 0 Å². The fourth-order valence-corrected chi connectivity index (χ4v) is 3.86. The summed E-state index contributed by atoms with van der Waals surface area (Å²) in [4.78, 5) is 0. The molecule has 2 fully saturated rings. The maximum absolute atomic E-state index is 10.3. The highest BCUT2D eigenvalue weighted by Crippen LogP contribution is 2.28. The van der Waals surface area contributed by atoms with Gasteiger partial charge in [-0.2, -0.15) is 0 Å². The van der Waals surface area contributed by atoms with Gasteiger partial charge in [-0.05, 0) is 32.1 Å². The van der Waals surface area contributed by atoms with Crippen LogP contribution in [0.3, 0.4) is 0 Å². The van der Waals surface area contributed by atoms with Gasteiger partial charge in [-0.25, -0.2) is 0 Å². The summed E-state index contributed by atoms with van der Waals surface area (Å²) < 4.78 is 12.1. The SMILES string of the molecule is CC1CC(C)[C@@H](O)[C@H](OC2CCCCCCCCCCC2)O1. The zero-order valence-corrected chi connectivity index (χ0v) is 14.6. The molecule has 130 valence electrons. The molecule has 0 radical (unpaired) electrons. The first-order chi connectivity index (χ1) is 10.7. The van der Waals surface area contributed by atoms with Crippen molar-refractivity contribution >= 4 is 0 Å². The molecule has 3 nitrogen and oxygen atoms in total. The van der Waals surface area contributed by atoms with E-state index in [9.17, 15) is 5.11 Å². The van der Waals surface area contributed by atoms with Crippen LogP contribution in [0.4, 0.5) is 0 Å². The van der Waals surface area contributed by atoms with E-state index in [2.05, 4.69) is 13.8 Å². The van der Waals surface area contributed by atoms with Crippen LogP contribution in [-0.2, 0) is 9.47 Å². The molecule has 3 heteroatoms. The highest BCUT2D eigenvalue weighted by Gasteiger charge is 2.35. The van der Waals surface area contributed by atoms with Crippen LogP contribution in [0.15, 0.2) is 0 Å². The molecule has 1 saturated heterocycles. The van der Waals surface area contributed by atoms with E-state index >= 15 is 0 Å². The molecule has 1 saturated carbocycles. The summed E-state index contributed by atoms with van der Waals surface area (Å²) >= 11 is 0. The maximum atomic E-state index is 10.3. The maximum Gasteiger partial charge on any atom is 0.184 e. The van der Waals surface area contributed by atoms with Crippen molar-refractivity contribution in [3.05, 3.63) is 0 Å². The van der Waals surface area contributed by atoms with Crippen molar-refractivity contribution in [3.63, 3.8) is 0 Å². The molecule has 0 bridgehead atoms. The number of ether oxygens (including phenoxy) is 2. The Morgan fingerprint density at radius 1 is 0.818 bits per heavy atom. The zero-order valence-electron chi connectivity index (χ0n) is 14.6. The minimum atomic E-state index is -0.474. The Morgan fingerprint density at radius 3 is 1.86 bits per heavy atom. The highest BCUT2D eigenvalue weighted by atomic mass is 16.7. The van der Waals surface area contributed by atoms with E-state index in [0.717, 1.165) is 19.3 Å². The van der Waals surface area contributed by atoms with Gasteiger partial charge in [-0.3, -0.25) is 0 Å². The molecule has 0 aromatic rings. The standard InChI is InChI=1S/C19H36O3/c1-15-14-16(2)21-19(18(15)20)22-17-12-10-8-6-4-3-5-7-9-11-13-17/h15-20H,3-14H2,1-2H3/t15?,16?,18-,19+/m1/s1. The molecule has 2 aliphatic rings. The second kappa shape index (κ2) is 9.89. The summed E-state index contributed by atoms with van der Waals surface area (Å²) in [5.74, 6) is 0.264. The van der Waals surface area contributed by atoms with E-state index in [1.165, 1.54) is 57.8 Å². The lowest BCUT2D eigenvalue weighted by molar-refractivity contribution is -0.268. The molecule has 0 aromatic heterocycles. The molecule has 0 spiro atoms. The first kappa shape index (κ1) is 18.2. The Kier molecular flexibility index (Phi) is 8.19. The third kappa shape index (κ3) is 6.17. The van der Waals surface area contributed by atoms with Crippen molar-refractivity contribution in [2.45, 2.75) is 115 Å². The first-order valence-electron chi connectivity index (χ1n) is 9.66. The molecular weight excluding hydrogens is 276 g/mol. The molecule has 22 heavy (non-hydrogen) atoms. The summed E-state index contributed by atoms with van der Waals surface area (Å²) in [6.07, 6.45) is 14.8. The van der Waals surface area contributed by atoms with Crippen LogP contribution in [0.2, 0.25) is 0 Å². The monoisotopic (exact) mass is 312 g/mol. The van der Waals surface area contributed by atoms with Crippen molar-refractivity contribution in [2.24, 2.45) is 5.92 Å². The molecule has 4 atom stereocenters. The van der Waals surface area contributed by atoms with Gasteiger partial charge in [0.2, 0.25) is 0 Å². The summed E-state index contributed by atoms with van der Waals surface area (Å²) in [6.45, 7) is 4.18. The molecule has 1 aliphatic heterocycles. The quantitative estimate of drug-likeness (QED) is 0.795. The van der Waals surface area contributed by atoms with Gasteiger partial charge in [0.25, 0.3) is 0 Å². The molecule has 1 N–H and O–H groups in total. The van der Waals surface area contributed by atoms with Crippen molar-refractivity contribution < 1.29 is 14.6 Å². The fourth-order valence-electron chi connectivity index (χ4n) is 3.86. The predicted octanol–water partition coefficient (Wildman–Crippen LogP) is 4.81. The van der Waals surface area contributed by atoms with Gasteiger partial charge in [0.1, 0.15) is 6.10 Å². The van der Waals surface area contributed by atoms with Crippen molar-refractivity contribution in [2.75, 3.05) is 0 Å². The molecule has 0 aromatic carbocycles. The number of rotatable bonds is 2. The minimum absolute atomic E-state index is 0.189. The Morgan fingerprint density at radius 2 is 1.32 bits per heavy atom. The van der Waals surface area contributed by atoms with Gasteiger partial charge in [0, 0.05) is 0 Å². The second-order valence-electron chi connectivity index (χ2n) is 7.54. The van der Waals surface area contributed by atoms with E-state index < -0.39 is 12.4 Å². The molecule has 0 amide bonds. The number of hydrogen-bond donors (Lipinski definition) is 1. The average molecular weight is 312 g/mol. The summed E-state index contributed by atoms with van der Waals surface area (Å²) in [5.41, 5.74) is 0. The van der Waals surface area contributed by atoms with Crippen LogP contribution >= 0.6 is 0 Å². The van der Waals surface area contributed by atoms with Gasteiger partial charge in [0.15, 0.2) is 6.29 Å². The molecule has 2 rings (SSSR count). The fraction of sp³-hybridized carbons (Fsp3) is 1.00. The topological polar surface area (TPSA) is 38.7 Å². The minimum Gasteiger partial charge on any atom is -0.388 e. The smallest absolute Gasteiger partial charge is 0.184 e. The lowest BCUT2D eigenvalue weighted by Crippen LogP contribution is -2.46. The Labute approximate surface area is 136 Å². The Hall–Kier alpha value is -0.120. The van der Waals surface area contributed by atoms with Crippen LogP contribution in [0.1, 0.15) is 90.9 Å². The van der Waals surface area contributed by atoms with Crippen molar-refractivity contribution in [1.82, 2.24) is 0 Å². The van der Waals surface area contributed by atoms with Crippen LogP contribution in [-0.4, -0.2) is 29.7 Å². The third-order valence-electron chi connectivity index (χ3n) is 5.31. The van der Waals surface area contributed by atoms with E-state index in [4.69, 9.17) is 9.47 Å². The summed E-state index contributed by atoms with van der Waals surface area (Å²) in [6, 6.07) is 0. The van der Waals surface area contributed by atoms with E-state index in [1.54, 1.807) is 0 Å². The normalized spacial score (nSPS) is 37.2. The largest absolute Gasteiger partial charge is 0.388 e. The van der Waals surface area contributed by atoms with Crippen LogP contribution in [0, 0.1) is 5.92 Å². The lowest BCUT2D eigenvalue weighted by atomic mass is 9.94. The van der Waals surface area contributed by atoms with Crippen LogP contribution in [0.5, 0.6) is 0 Å². The van der Waals surface area contributed by atoms with Gasteiger partial charge in [-0.1, -0.05) is 64.7 Å². The van der Waals surface area contributed by atoms with Crippen molar-refractivity contribution in [3.8, 4) is 0 Å².